The molecule has 6 heteroatoms. The van der Waals surface area contributed by atoms with E-state index in [1.807, 2.05) is 42.5 Å². The number of rotatable bonds is 9. The number of hydrogen-bond donors (Lipinski definition) is 1. The van der Waals surface area contributed by atoms with Gasteiger partial charge in [-0.1, -0.05) is 42.5 Å². The van der Waals surface area contributed by atoms with Gasteiger partial charge in [-0.3, -0.25) is 4.79 Å². The molecule has 1 fully saturated rings. The maximum absolute atomic E-state index is 12.4. The van der Waals surface area contributed by atoms with Gasteiger partial charge in [0.1, 0.15) is 5.75 Å². The zero-order valence-electron chi connectivity index (χ0n) is 16.6. The highest BCUT2D eigenvalue weighted by Crippen LogP contribution is 2.45. The van der Waals surface area contributed by atoms with Crippen LogP contribution in [0, 0.1) is 0 Å². The molecule has 29 heavy (non-hydrogen) atoms. The molecule has 0 atom stereocenters. The lowest BCUT2D eigenvalue weighted by molar-refractivity contribution is -0.122. The van der Waals surface area contributed by atoms with Crippen LogP contribution in [-0.4, -0.2) is 23.2 Å². The Labute approximate surface area is 170 Å². The maximum Gasteiger partial charge on any atom is 0.221 e. The smallest absolute Gasteiger partial charge is 0.221 e. The highest BCUT2D eigenvalue weighted by molar-refractivity contribution is 5.77. The summed E-state index contributed by atoms with van der Waals surface area (Å²) >= 11 is 0. The minimum atomic E-state index is -0.185. The van der Waals surface area contributed by atoms with Crippen LogP contribution in [0.15, 0.2) is 59.0 Å². The molecule has 0 spiro atoms. The van der Waals surface area contributed by atoms with E-state index in [0.717, 1.165) is 30.6 Å². The van der Waals surface area contributed by atoms with Crippen LogP contribution >= 0.6 is 0 Å². The lowest BCUT2D eigenvalue weighted by Crippen LogP contribution is -2.34. The van der Waals surface area contributed by atoms with Crippen molar-refractivity contribution in [3.05, 3.63) is 77.5 Å². The van der Waals surface area contributed by atoms with Gasteiger partial charge < -0.3 is 14.5 Å². The van der Waals surface area contributed by atoms with Crippen molar-refractivity contribution in [3.8, 4) is 5.75 Å². The van der Waals surface area contributed by atoms with Gasteiger partial charge in [0.25, 0.3) is 0 Å². The number of aryl methyl sites for hydroxylation is 3. The summed E-state index contributed by atoms with van der Waals surface area (Å²) in [5, 5.41) is 11.4. The van der Waals surface area contributed by atoms with Gasteiger partial charge in [-0.25, -0.2) is 0 Å². The second-order valence-corrected chi connectivity index (χ2v) is 7.44. The highest BCUT2D eigenvalue weighted by Gasteiger charge is 2.45. The van der Waals surface area contributed by atoms with Crippen molar-refractivity contribution < 1.29 is 13.9 Å². The summed E-state index contributed by atoms with van der Waals surface area (Å²) in [5.41, 5.74) is 2.14. The van der Waals surface area contributed by atoms with Crippen molar-refractivity contribution in [2.75, 3.05) is 7.11 Å². The fourth-order valence-corrected chi connectivity index (χ4v) is 3.49. The lowest BCUT2D eigenvalue weighted by atomic mass is 10.0. The van der Waals surface area contributed by atoms with Crippen LogP contribution < -0.4 is 10.1 Å². The minimum absolute atomic E-state index is 0.0162. The number of carbonyl (C=O) groups excluding carboxylic acids is 1. The summed E-state index contributed by atoms with van der Waals surface area (Å²) in [6, 6.07) is 18.1. The Kier molecular flexibility index (Phi) is 5.60. The summed E-state index contributed by atoms with van der Waals surface area (Å²) in [4.78, 5) is 12.4. The fraction of sp³-hybridized carbons (Fsp3) is 0.348. The van der Waals surface area contributed by atoms with Crippen LogP contribution in [0.1, 0.15) is 42.2 Å². The molecular formula is C23H25N3O3. The van der Waals surface area contributed by atoms with Crippen LogP contribution in [0.4, 0.5) is 0 Å². The number of carbonyl (C=O) groups is 1. The van der Waals surface area contributed by atoms with Crippen molar-refractivity contribution in [1.29, 1.82) is 0 Å². The summed E-state index contributed by atoms with van der Waals surface area (Å²) in [6.07, 6.45) is 4.20. The van der Waals surface area contributed by atoms with E-state index in [1.165, 1.54) is 5.56 Å². The Morgan fingerprint density at radius 2 is 1.79 bits per heavy atom. The predicted molar refractivity (Wildman–Crippen MR) is 109 cm³/mol. The van der Waals surface area contributed by atoms with E-state index in [1.54, 1.807) is 7.11 Å². The third-order valence-electron chi connectivity index (χ3n) is 5.29. The molecule has 1 amide bonds. The molecule has 6 nitrogen and oxygen atoms in total. The van der Waals surface area contributed by atoms with Gasteiger partial charge in [-0.15, -0.1) is 10.2 Å². The van der Waals surface area contributed by atoms with Crippen LogP contribution in [0.25, 0.3) is 0 Å². The van der Waals surface area contributed by atoms with Gasteiger partial charge in [0, 0.05) is 19.3 Å². The molecule has 0 aliphatic heterocycles. The molecule has 1 saturated carbocycles. The van der Waals surface area contributed by atoms with Crippen molar-refractivity contribution in [2.45, 2.75) is 44.1 Å². The Balaban J connectivity index is 1.25. The molecule has 1 aliphatic rings. The first-order valence-electron chi connectivity index (χ1n) is 9.98. The van der Waals surface area contributed by atoms with Gasteiger partial charge in [0.2, 0.25) is 17.7 Å². The molecule has 2 aromatic carbocycles. The second-order valence-electron chi connectivity index (χ2n) is 7.44. The maximum atomic E-state index is 12.4. The normalized spacial score (nSPS) is 14.4. The quantitative estimate of drug-likeness (QED) is 0.603. The van der Waals surface area contributed by atoms with Crippen LogP contribution in [-0.2, 0) is 29.6 Å². The van der Waals surface area contributed by atoms with Crippen molar-refractivity contribution in [2.24, 2.45) is 0 Å². The summed E-state index contributed by atoms with van der Waals surface area (Å²) in [5.74, 6) is 1.95. The number of ether oxygens (including phenoxy) is 1. The molecule has 0 saturated heterocycles. The molecule has 1 aromatic heterocycles. The largest absolute Gasteiger partial charge is 0.497 e. The topological polar surface area (TPSA) is 77.2 Å². The van der Waals surface area contributed by atoms with E-state index in [2.05, 4.69) is 27.6 Å². The van der Waals surface area contributed by atoms with Gasteiger partial charge in [0.15, 0.2) is 0 Å². The Bertz CT molecular complexity index is 964. The van der Waals surface area contributed by atoms with Gasteiger partial charge >= 0.3 is 0 Å². The monoisotopic (exact) mass is 391 g/mol. The van der Waals surface area contributed by atoms with Gasteiger partial charge in [0.05, 0.1) is 12.6 Å². The average molecular weight is 391 g/mol. The molecule has 0 unspecified atom stereocenters. The van der Waals surface area contributed by atoms with E-state index in [4.69, 9.17) is 9.15 Å². The number of hydrogen-bond acceptors (Lipinski definition) is 5. The summed E-state index contributed by atoms with van der Waals surface area (Å²) < 4.78 is 11.0. The number of nitrogens with one attached hydrogen (secondary N) is 1. The van der Waals surface area contributed by atoms with E-state index >= 15 is 0 Å². The van der Waals surface area contributed by atoms with Gasteiger partial charge in [-0.05, 0) is 42.5 Å². The molecular weight excluding hydrogens is 366 g/mol. The standard InChI is InChI=1S/C23H25N3O3/c1-28-19-9-5-6-17(16-19)10-12-21-25-26-22(29-21)13-11-20(27)24-23(14-15-23)18-7-3-2-4-8-18/h2-9,16H,10-15H2,1H3,(H,24,27). The van der Waals surface area contributed by atoms with E-state index in [9.17, 15) is 4.79 Å². The molecule has 0 bridgehead atoms. The van der Waals surface area contributed by atoms with E-state index in [-0.39, 0.29) is 11.4 Å². The van der Waals surface area contributed by atoms with E-state index < -0.39 is 0 Å². The molecule has 150 valence electrons. The lowest BCUT2D eigenvalue weighted by Gasteiger charge is -2.17. The number of methoxy groups -OCH3 is 1. The number of benzene rings is 2. The van der Waals surface area contributed by atoms with E-state index in [0.29, 0.717) is 31.0 Å². The van der Waals surface area contributed by atoms with Gasteiger partial charge in [-0.2, -0.15) is 0 Å². The number of nitrogens with zero attached hydrogens (tertiary/aromatic N) is 2. The second kappa shape index (κ2) is 8.47. The van der Waals surface area contributed by atoms with Crippen molar-refractivity contribution in [3.63, 3.8) is 0 Å². The Morgan fingerprint density at radius 1 is 1.03 bits per heavy atom. The molecule has 0 radical (unpaired) electrons. The zero-order chi connectivity index (χ0) is 20.1. The van der Waals surface area contributed by atoms with Crippen LogP contribution in [0.3, 0.4) is 0 Å². The summed E-state index contributed by atoms with van der Waals surface area (Å²) in [6.45, 7) is 0. The molecule has 1 N–H and O–H groups in total. The first-order valence-corrected chi connectivity index (χ1v) is 9.98. The third kappa shape index (κ3) is 4.83. The Hall–Kier alpha value is -3.15. The molecule has 4 rings (SSSR count). The summed E-state index contributed by atoms with van der Waals surface area (Å²) in [7, 11) is 1.66. The zero-order valence-corrected chi connectivity index (χ0v) is 16.6. The van der Waals surface area contributed by atoms with Crippen molar-refractivity contribution >= 4 is 5.91 Å². The first kappa shape index (κ1) is 19.2. The van der Waals surface area contributed by atoms with Crippen LogP contribution in [0.5, 0.6) is 5.75 Å². The number of amides is 1. The van der Waals surface area contributed by atoms with Crippen LogP contribution in [0.2, 0.25) is 0 Å². The predicted octanol–water partition coefficient (Wildman–Crippen LogP) is 3.60. The minimum Gasteiger partial charge on any atom is -0.497 e. The highest BCUT2D eigenvalue weighted by atomic mass is 16.5. The molecule has 1 aliphatic carbocycles. The van der Waals surface area contributed by atoms with Crippen molar-refractivity contribution in [1.82, 2.24) is 15.5 Å². The number of aromatic nitrogens is 2. The molecule has 1 heterocycles. The third-order valence-corrected chi connectivity index (χ3v) is 5.29. The first-order chi connectivity index (χ1) is 14.2. The Morgan fingerprint density at radius 3 is 2.52 bits per heavy atom. The fourth-order valence-electron chi connectivity index (χ4n) is 3.49. The molecule has 3 aromatic rings. The average Bonchev–Trinajstić information content (AvgIpc) is 3.40. The SMILES string of the molecule is COc1cccc(CCc2nnc(CCC(=O)NC3(c4ccccc4)CC3)o2)c1.